The Morgan fingerprint density at radius 2 is 2.42 bits per heavy atom. The highest BCUT2D eigenvalue weighted by Crippen LogP contribution is 2.27. The monoisotopic (exact) mass is 261 g/mol. The Morgan fingerprint density at radius 1 is 1.63 bits per heavy atom. The first-order valence-electron chi connectivity index (χ1n) is 6.28. The van der Waals surface area contributed by atoms with Crippen LogP contribution in [-0.2, 0) is 17.8 Å². The van der Waals surface area contributed by atoms with E-state index in [1.165, 1.54) is 7.41 Å². The molecule has 0 spiro atoms. The van der Waals surface area contributed by atoms with Gasteiger partial charge in [-0.1, -0.05) is 6.07 Å². The molecule has 0 bridgehead atoms. The van der Waals surface area contributed by atoms with Gasteiger partial charge in [0, 0.05) is 19.1 Å². The van der Waals surface area contributed by atoms with Crippen molar-refractivity contribution in [3.8, 4) is 5.75 Å². The molecule has 1 aliphatic heterocycles. The van der Waals surface area contributed by atoms with Crippen LogP contribution in [0, 0.1) is 0 Å². The van der Waals surface area contributed by atoms with Crippen molar-refractivity contribution in [1.82, 2.24) is 4.81 Å². The zero-order valence-electron chi connectivity index (χ0n) is 11.0. The second-order valence-electron chi connectivity index (χ2n) is 4.67. The number of hydrogen-bond donors (Lipinski definition) is 2. The van der Waals surface area contributed by atoms with Crippen LogP contribution < -0.4 is 10.5 Å². The lowest BCUT2D eigenvalue weighted by Crippen LogP contribution is -2.51. The molecular formula is C13H18BN2O3. The van der Waals surface area contributed by atoms with Crippen molar-refractivity contribution < 1.29 is 14.6 Å². The third-order valence-electron chi connectivity index (χ3n) is 3.56. The molecule has 0 unspecified atom stereocenters. The molecule has 101 valence electrons. The number of carbonyl (C=O) groups excluding carboxylic acids is 1. The van der Waals surface area contributed by atoms with Crippen LogP contribution in [0.15, 0.2) is 18.2 Å². The number of ether oxygens (including phenoxy) is 1. The minimum absolute atomic E-state index is 0.156. The fourth-order valence-corrected chi connectivity index (χ4v) is 2.49. The normalized spacial score (nSPS) is 20.5. The van der Waals surface area contributed by atoms with Crippen LogP contribution in [0.25, 0.3) is 0 Å². The predicted octanol–water partition coefficient (Wildman–Crippen LogP) is -0.449. The lowest BCUT2D eigenvalue weighted by molar-refractivity contribution is 0.0877. The highest BCUT2D eigenvalue weighted by atomic mass is 16.5. The van der Waals surface area contributed by atoms with Crippen molar-refractivity contribution in [2.75, 3.05) is 13.7 Å². The van der Waals surface area contributed by atoms with E-state index >= 15 is 0 Å². The minimum atomic E-state index is -0.647. The third-order valence-corrected chi connectivity index (χ3v) is 3.56. The maximum atomic E-state index is 10.7. The van der Waals surface area contributed by atoms with Crippen LogP contribution in [-0.4, -0.2) is 49.3 Å². The molecule has 0 fully saturated rings. The van der Waals surface area contributed by atoms with Gasteiger partial charge in [0.1, 0.15) is 5.75 Å². The van der Waals surface area contributed by atoms with Gasteiger partial charge in [-0.25, -0.2) is 0 Å². The Balaban J connectivity index is 2.27. The fraction of sp³-hybridized carbons (Fsp3) is 0.462. The quantitative estimate of drug-likeness (QED) is 0.554. The highest BCUT2D eigenvalue weighted by Gasteiger charge is 2.30. The maximum absolute atomic E-state index is 10.7. The Labute approximate surface area is 113 Å². The van der Waals surface area contributed by atoms with Crippen LogP contribution in [0.2, 0.25) is 0 Å². The van der Waals surface area contributed by atoms with Crippen molar-refractivity contribution in [1.29, 1.82) is 0 Å². The predicted molar refractivity (Wildman–Crippen MR) is 73.6 cm³/mol. The first-order valence-corrected chi connectivity index (χ1v) is 6.28. The van der Waals surface area contributed by atoms with Crippen molar-refractivity contribution >= 4 is 13.6 Å². The summed E-state index contributed by atoms with van der Waals surface area (Å²) >= 11 is 0. The Bertz CT molecular complexity index is 456. The molecule has 0 saturated carbocycles. The number of aliphatic hydroxyl groups is 1. The van der Waals surface area contributed by atoms with Crippen molar-refractivity contribution in [3.05, 3.63) is 29.3 Å². The SMILES string of the molecule is COc1ccc2c(c1)CN([B]C=O)[C@H]([C@H](O)CN)C2. The lowest BCUT2D eigenvalue weighted by Gasteiger charge is -2.38. The summed E-state index contributed by atoms with van der Waals surface area (Å²) < 4.78 is 5.20. The van der Waals surface area contributed by atoms with E-state index in [0.717, 1.165) is 23.1 Å². The van der Waals surface area contributed by atoms with Gasteiger partial charge in [0.05, 0.1) is 19.4 Å². The number of nitrogens with zero attached hydrogens (tertiary/aromatic N) is 1. The van der Waals surface area contributed by atoms with Gasteiger partial charge in [-0.05, 0) is 29.7 Å². The molecule has 2 rings (SSSR count). The van der Waals surface area contributed by atoms with E-state index in [4.69, 9.17) is 10.5 Å². The molecule has 1 radical (unpaired) electrons. The Hall–Kier alpha value is -1.37. The Morgan fingerprint density at radius 3 is 3.05 bits per heavy atom. The van der Waals surface area contributed by atoms with E-state index in [9.17, 15) is 9.90 Å². The average molecular weight is 261 g/mol. The summed E-state index contributed by atoms with van der Waals surface area (Å²) in [5.41, 5.74) is 7.80. The standard InChI is InChI=1S/C13H18BN2O3/c1-19-11-3-2-9-5-12(13(18)6-15)16(14-8-17)7-10(9)4-11/h2-4,8,12-13,18H,5-7,15H2,1H3/t12-,13+/m0/s1. The highest BCUT2D eigenvalue weighted by molar-refractivity contribution is 6.64. The van der Waals surface area contributed by atoms with Crippen LogP contribution in [0.4, 0.5) is 0 Å². The van der Waals surface area contributed by atoms with Gasteiger partial charge in [-0.15, -0.1) is 0 Å². The number of rotatable bonds is 5. The van der Waals surface area contributed by atoms with Gasteiger partial charge in [0.25, 0.3) is 7.41 Å². The fourth-order valence-electron chi connectivity index (χ4n) is 2.49. The second-order valence-corrected chi connectivity index (χ2v) is 4.67. The lowest BCUT2D eigenvalue weighted by atomic mass is 9.82. The number of nitrogens with two attached hydrogens (primary N) is 1. The van der Waals surface area contributed by atoms with Gasteiger partial charge < -0.3 is 25.2 Å². The molecule has 3 N–H and O–H groups in total. The molecular weight excluding hydrogens is 243 g/mol. The van der Waals surface area contributed by atoms with E-state index in [1.807, 2.05) is 23.0 Å². The van der Waals surface area contributed by atoms with E-state index in [0.29, 0.717) is 13.0 Å². The summed E-state index contributed by atoms with van der Waals surface area (Å²) in [5, 5.41) is 9.98. The summed E-state index contributed by atoms with van der Waals surface area (Å²) in [5.74, 6) is 0.794. The van der Waals surface area contributed by atoms with E-state index in [-0.39, 0.29) is 12.6 Å². The summed E-state index contributed by atoms with van der Waals surface area (Å²) in [6, 6.07) is 5.72. The topological polar surface area (TPSA) is 75.8 Å². The molecule has 0 aliphatic carbocycles. The third kappa shape index (κ3) is 2.97. The van der Waals surface area contributed by atoms with Gasteiger partial charge in [-0.3, -0.25) is 0 Å². The molecule has 0 amide bonds. The number of carbonyl (C=O) groups is 1. The molecule has 0 aromatic heterocycles. The zero-order chi connectivity index (χ0) is 13.8. The number of benzene rings is 1. The van der Waals surface area contributed by atoms with E-state index < -0.39 is 6.10 Å². The molecule has 19 heavy (non-hydrogen) atoms. The van der Waals surface area contributed by atoms with Crippen molar-refractivity contribution in [2.24, 2.45) is 5.73 Å². The molecule has 2 atom stereocenters. The number of methoxy groups -OCH3 is 1. The molecule has 1 aromatic carbocycles. The van der Waals surface area contributed by atoms with Crippen LogP contribution in [0.5, 0.6) is 5.75 Å². The van der Waals surface area contributed by atoms with Gasteiger partial charge in [-0.2, -0.15) is 0 Å². The number of aliphatic hydroxyl groups excluding tert-OH is 1. The molecule has 1 aromatic rings. The van der Waals surface area contributed by atoms with Crippen LogP contribution in [0.1, 0.15) is 11.1 Å². The van der Waals surface area contributed by atoms with Gasteiger partial charge in [0.15, 0.2) is 0 Å². The second kappa shape index (κ2) is 6.19. The van der Waals surface area contributed by atoms with E-state index in [2.05, 4.69) is 0 Å². The molecule has 5 nitrogen and oxygen atoms in total. The first kappa shape index (κ1) is 14.1. The van der Waals surface area contributed by atoms with Crippen LogP contribution >= 0.6 is 0 Å². The minimum Gasteiger partial charge on any atom is -0.497 e. The molecule has 6 heteroatoms. The first-order chi connectivity index (χ1) is 9.19. The smallest absolute Gasteiger partial charge is 0.293 e. The zero-order valence-corrected chi connectivity index (χ0v) is 11.0. The molecule has 0 saturated heterocycles. The summed E-state index contributed by atoms with van der Waals surface area (Å²) in [4.78, 5) is 12.6. The molecule has 1 aliphatic rings. The number of fused-ring (bicyclic) bond motifs is 1. The summed E-state index contributed by atoms with van der Waals surface area (Å²) in [7, 11) is 3.09. The van der Waals surface area contributed by atoms with Gasteiger partial charge >= 0.3 is 0 Å². The number of hydrogen-bond acceptors (Lipinski definition) is 5. The Kier molecular flexibility index (Phi) is 4.58. The summed E-state index contributed by atoms with van der Waals surface area (Å²) in [6.45, 7) is 0.756. The van der Waals surface area contributed by atoms with Crippen molar-refractivity contribution in [3.63, 3.8) is 0 Å². The van der Waals surface area contributed by atoms with E-state index in [1.54, 1.807) is 7.11 Å². The average Bonchev–Trinajstić information content (AvgIpc) is 2.45. The molecule has 1 heterocycles. The summed E-state index contributed by atoms with van der Waals surface area (Å²) in [6.07, 6.45) is 0.759. The van der Waals surface area contributed by atoms with Crippen LogP contribution in [0.3, 0.4) is 0 Å². The van der Waals surface area contributed by atoms with Gasteiger partial charge in [0.2, 0.25) is 0 Å². The largest absolute Gasteiger partial charge is 0.497 e. The maximum Gasteiger partial charge on any atom is 0.293 e. The van der Waals surface area contributed by atoms with Crippen molar-refractivity contribution in [2.45, 2.75) is 25.1 Å².